The zero-order chi connectivity index (χ0) is 19.9. The summed E-state index contributed by atoms with van der Waals surface area (Å²) in [7, 11) is 0. The van der Waals surface area contributed by atoms with Crippen molar-refractivity contribution in [1.82, 2.24) is 15.0 Å². The van der Waals surface area contributed by atoms with Crippen molar-refractivity contribution >= 4 is 17.2 Å². The Labute approximate surface area is 172 Å². The van der Waals surface area contributed by atoms with Crippen LogP contribution >= 0.6 is 11.6 Å². The lowest BCUT2D eigenvalue weighted by molar-refractivity contribution is 0.213. The van der Waals surface area contributed by atoms with E-state index in [-0.39, 0.29) is 10.7 Å². The lowest BCUT2D eigenvalue weighted by atomic mass is 9.72. The molecule has 0 spiro atoms. The van der Waals surface area contributed by atoms with Gasteiger partial charge in [0.1, 0.15) is 0 Å². The average Bonchev–Trinajstić information content (AvgIpc) is 2.94. The Morgan fingerprint density at radius 3 is 2.46 bits per heavy atom. The maximum atomic E-state index is 6.30. The molecule has 0 bridgehead atoms. The summed E-state index contributed by atoms with van der Waals surface area (Å²) in [6.07, 6.45) is 10.1. The molecule has 1 saturated carbocycles. The van der Waals surface area contributed by atoms with E-state index >= 15 is 0 Å². The number of nitrogens with zero attached hydrogens (tertiary/aromatic N) is 3. The van der Waals surface area contributed by atoms with E-state index in [4.69, 9.17) is 16.6 Å². The van der Waals surface area contributed by atoms with Gasteiger partial charge in [0, 0.05) is 11.5 Å². The van der Waals surface area contributed by atoms with Crippen molar-refractivity contribution in [1.29, 1.82) is 0 Å². The normalized spacial score (nSPS) is 27.0. The van der Waals surface area contributed by atoms with E-state index in [9.17, 15) is 0 Å². The lowest BCUT2D eigenvalue weighted by Crippen LogP contribution is -2.25. The summed E-state index contributed by atoms with van der Waals surface area (Å²) in [5.41, 5.74) is 3.72. The van der Waals surface area contributed by atoms with Crippen LogP contribution in [0.5, 0.6) is 0 Å². The summed E-state index contributed by atoms with van der Waals surface area (Å²) >= 11 is 6.30. The Morgan fingerprint density at radius 1 is 1.04 bits per heavy atom. The van der Waals surface area contributed by atoms with Crippen molar-refractivity contribution in [2.24, 2.45) is 23.2 Å². The molecule has 1 aromatic heterocycles. The van der Waals surface area contributed by atoms with Crippen LogP contribution in [0.1, 0.15) is 39.9 Å². The smallest absolute Gasteiger partial charge is 0.208 e. The number of fused-ring (bicyclic) bond motifs is 1. The summed E-state index contributed by atoms with van der Waals surface area (Å²) in [5.74, 6) is 2.67. The molecule has 1 aromatic carbocycles. The number of hydrogen-bond donors (Lipinski definition) is 0. The maximum absolute atomic E-state index is 6.30. The van der Waals surface area contributed by atoms with Gasteiger partial charge >= 0.3 is 0 Å². The molecule has 3 unspecified atom stereocenters. The van der Waals surface area contributed by atoms with Crippen molar-refractivity contribution in [3.8, 4) is 11.4 Å². The number of allylic oxidation sites excluding steroid dienone is 6. The highest BCUT2D eigenvalue weighted by molar-refractivity contribution is 6.28. The fourth-order valence-electron chi connectivity index (χ4n) is 5.10. The molecule has 3 atom stereocenters. The summed E-state index contributed by atoms with van der Waals surface area (Å²) in [6, 6.07) is 9.94. The second-order valence-corrected chi connectivity index (χ2v) is 8.64. The Bertz CT molecular complexity index is 973. The van der Waals surface area contributed by atoms with E-state index in [1.54, 1.807) is 0 Å². The number of aromatic nitrogens is 3. The van der Waals surface area contributed by atoms with Gasteiger partial charge in [0.25, 0.3) is 0 Å². The molecule has 0 N–H and O–H groups in total. The van der Waals surface area contributed by atoms with Crippen molar-refractivity contribution < 1.29 is 0 Å². The third-order valence-corrected chi connectivity index (χ3v) is 6.61. The molecule has 0 saturated heterocycles. The Balaban J connectivity index is 1.87. The van der Waals surface area contributed by atoms with Crippen LogP contribution in [-0.2, 0) is 0 Å². The van der Waals surface area contributed by atoms with Gasteiger partial charge in [-0.3, -0.25) is 0 Å². The minimum atomic E-state index is 0.191. The van der Waals surface area contributed by atoms with Crippen LogP contribution in [0, 0.1) is 23.2 Å². The molecule has 0 aliphatic heterocycles. The van der Waals surface area contributed by atoms with E-state index in [2.05, 4.69) is 62.0 Å². The van der Waals surface area contributed by atoms with Crippen LogP contribution in [0.25, 0.3) is 17.0 Å². The third-order valence-electron chi connectivity index (χ3n) is 6.44. The predicted octanol–water partition coefficient (Wildman–Crippen LogP) is 6.39. The molecule has 2 aromatic rings. The minimum Gasteiger partial charge on any atom is -0.208 e. The van der Waals surface area contributed by atoms with Gasteiger partial charge in [0.05, 0.1) is 0 Å². The molecule has 0 amide bonds. The highest BCUT2D eigenvalue weighted by Crippen LogP contribution is 2.58. The van der Waals surface area contributed by atoms with Gasteiger partial charge in [-0.25, -0.2) is 4.98 Å². The minimum absolute atomic E-state index is 0.191. The molecule has 4 heteroatoms. The first kappa shape index (κ1) is 19.1. The standard InChI is InChI=1S/C24H26ClN3/c1-5-18-20(17-13-9-10-14-19(17)24(18,3)4)15(2)21-26-22(28-23(25)27-21)16-11-7-6-8-12-16/h6-14,17-19H,5H2,1-4H3/b20-15+. The zero-order valence-corrected chi connectivity index (χ0v) is 17.6. The zero-order valence-electron chi connectivity index (χ0n) is 16.9. The second kappa shape index (κ2) is 7.29. The molecule has 1 heterocycles. The molecule has 1 fully saturated rings. The fourth-order valence-corrected chi connectivity index (χ4v) is 5.26. The number of halogens is 1. The van der Waals surface area contributed by atoms with Crippen LogP contribution in [0.2, 0.25) is 5.28 Å². The molecule has 2 aliphatic carbocycles. The summed E-state index contributed by atoms with van der Waals surface area (Å²) in [4.78, 5) is 13.7. The van der Waals surface area contributed by atoms with Gasteiger partial charge in [-0.05, 0) is 47.8 Å². The van der Waals surface area contributed by atoms with Crippen molar-refractivity contribution in [3.05, 3.63) is 71.3 Å². The Hall–Kier alpha value is -2.26. The monoisotopic (exact) mass is 391 g/mol. The van der Waals surface area contributed by atoms with Crippen LogP contribution < -0.4 is 0 Å². The van der Waals surface area contributed by atoms with Crippen LogP contribution in [-0.4, -0.2) is 15.0 Å². The fraction of sp³-hybridized carbons (Fsp3) is 0.375. The first-order valence-electron chi connectivity index (χ1n) is 9.96. The average molecular weight is 392 g/mol. The second-order valence-electron chi connectivity index (χ2n) is 8.30. The SMILES string of the molecule is CCC1/C(=C(\C)c2nc(Cl)nc(-c3ccccc3)n2)C2C=CC=CC2C1(C)C. The topological polar surface area (TPSA) is 38.7 Å². The van der Waals surface area contributed by atoms with Gasteiger partial charge in [0.2, 0.25) is 5.28 Å². The molecular formula is C24H26ClN3. The van der Waals surface area contributed by atoms with Crippen molar-refractivity contribution in [3.63, 3.8) is 0 Å². The largest absolute Gasteiger partial charge is 0.226 e. The van der Waals surface area contributed by atoms with E-state index in [1.807, 2.05) is 30.3 Å². The first-order chi connectivity index (χ1) is 13.4. The molecule has 3 nitrogen and oxygen atoms in total. The Morgan fingerprint density at radius 2 is 1.75 bits per heavy atom. The number of rotatable bonds is 3. The highest BCUT2D eigenvalue weighted by Gasteiger charge is 2.50. The van der Waals surface area contributed by atoms with Crippen LogP contribution in [0.3, 0.4) is 0 Å². The summed E-state index contributed by atoms with van der Waals surface area (Å²) < 4.78 is 0. The molecule has 4 rings (SSSR count). The molecule has 28 heavy (non-hydrogen) atoms. The van der Waals surface area contributed by atoms with Gasteiger partial charge < -0.3 is 0 Å². The van der Waals surface area contributed by atoms with Gasteiger partial charge in [0.15, 0.2) is 11.6 Å². The number of hydrogen-bond acceptors (Lipinski definition) is 3. The van der Waals surface area contributed by atoms with E-state index in [1.165, 1.54) is 5.57 Å². The Kier molecular flexibility index (Phi) is 4.96. The maximum Gasteiger partial charge on any atom is 0.226 e. The number of benzene rings is 1. The van der Waals surface area contributed by atoms with E-state index in [0.717, 1.165) is 17.6 Å². The lowest BCUT2D eigenvalue weighted by Gasteiger charge is -2.32. The quantitative estimate of drug-likeness (QED) is 0.608. The molecule has 0 radical (unpaired) electrons. The molecule has 144 valence electrons. The first-order valence-corrected chi connectivity index (χ1v) is 10.3. The van der Waals surface area contributed by atoms with Gasteiger partial charge in [-0.15, -0.1) is 0 Å². The predicted molar refractivity (Wildman–Crippen MR) is 116 cm³/mol. The molecule has 2 aliphatic rings. The van der Waals surface area contributed by atoms with E-state index in [0.29, 0.717) is 29.4 Å². The van der Waals surface area contributed by atoms with Crippen LogP contribution in [0.4, 0.5) is 0 Å². The third kappa shape index (κ3) is 3.12. The molecular weight excluding hydrogens is 366 g/mol. The van der Waals surface area contributed by atoms with Crippen molar-refractivity contribution in [2.45, 2.75) is 34.1 Å². The van der Waals surface area contributed by atoms with Crippen LogP contribution in [0.15, 0.2) is 60.2 Å². The van der Waals surface area contributed by atoms with Crippen molar-refractivity contribution in [2.75, 3.05) is 0 Å². The van der Waals surface area contributed by atoms with Gasteiger partial charge in [-0.1, -0.05) is 81.0 Å². The highest BCUT2D eigenvalue weighted by atomic mass is 35.5. The summed E-state index contributed by atoms with van der Waals surface area (Å²) in [6.45, 7) is 9.19. The summed E-state index contributed by atoms with van der Waals surface area (Å²) in [5, 5.41) is 0.241. The van der Waals surface area contributed by atoms with E-state index < -0.39 is 0 Å². The van der Waals surface area contributed by atoms with Gasteiger partial charge in [-0.2, -0.15) is 9.97 Å².